The molecule has 0 unspecified atom stereocenters. The van der Waals surface area contributed by atoms with Gasteiger partial charge in [0.25, 0.3) is 0 Å². The van der Waals surface area contributed by atoms with Crippen LogP contribution in [0.15, 0.2) is 29.4 Å². The number of aliphatic hydroxyl groups excluding tert-OH is 1. The van der Waals surface area contributed by atoms with Crippen LogP contribution in [-0.4, -0.2) is 29.4 Å². The minimum absolute atomic E-state index is 0.0165. The SMILES string of the molecule is N/C(CC1(COc2ccccc2CCO)CC1)=N/O. The largest absolute Gasteiger partial charge is 0.493 e. The third-order valence-corrected chi connectivity index (χ3v) is 3.53. The second kappa shape index (κ2) is 5.93. The lowest BCUT2D eigenvalue weighted by Crippen LogP contribution is -2.23. The molecule has 1 aliphatic rings. The van der Waals surface area contributed by atoms with Crippen LogP contribution in [-0.2, 0) is 6.42 Å². The van der Waals surface area contributed by atoms with Crippen LogP contribution in [0.3, 0.4) is 0 Å². The summed E-state index contributed by atoms with van der Waals surface area (Å²) >= 11 is 0. The summed E-state index contributed by atoms with van der Waals surface area (Å²) in [4.78, 5) is 0. The lowest BCUT2D eigenvalue weighted by atomic mass is 10.0. The van der Waals surface area contributed by atoms with E-state index < -0.39 is 0 Å². The number of ether oxygens (including phenoxy) is 1. The van der Waals surface area contributed by atoms with E-state index in [1.54, 1.807) is 0 Å². The second-order valence-electron chi connectivity index (χ2n) is 5.14. The first-order chi connectivity index (χ1) is 9.19. The number of para-hydroxylation sites is 1. The van der Waals surface area contributed by atoms with Gasteiger partial charge in [-0.2, -0.15) is 0 Å². The predicted octanol–water partition coefficient (Wildman–Crippen LogP) is 1.52. The summed E-state index contributed by atoms with van der Waals surface area (Å²) in [7, 11) is 0. The van der Waals surface area contributed by atoms with E-state index in [0.29, 0.717) is 19.4 Å². The zero-order valence-electron chi connectivity index (χ0n) is 10.9. The van der Waals surface area contributed by atoms with Gasteiger partial charge in [0.15, 0.2) is 0 Å². The Balaban J connectivity index is 1.95. The van der Waals surface area contributed by atoms with Crippen molar-refractivity contribution in [3.63, 3.8) is 0 Å². The first-order valence-corrected chi connectivity index (χ1v) is 6.47. The molecule has 0 amide bonds. The van der Waals surface area contributed by atoms with Gasteiger partial charge in [0, 0.05) is 18.4 Å². The van der Waals surface area contributed by atoms with Crippen LogP contribution in [0.2, 0.25) is 0 Å². The molecule has 0 radical (unpaired) electrons. The van der Waals surface area contributed by atoms with Gasteiger partial charge in [-0.25, -0.2) is 0 Å². The molecule has 5 nitrogen and oxygen atoms in total. The van der Waals surface area contributed by atoms with Crippen molar-refractivity contribution in [2.45, 2.75) is 25.7 Å². The van der Waals surface area contributed by atoms with Crippen LogP contribution >= 0.6 is 0 Å². The van der Waals surface area contributed by atoms with Gasteiger partial charge in [-0.1, -0.05) is 23.4 Å². The van der Waals surface area contributed by atoms with E-state index in [1.165, 1.54) is 0 Å². The maximum Gasteiger partial charge on any atom is 0.139 e. The number of hydrogen-bond donors (Lipinski definition) is 3. The summed E-state index contributed by atoms with van der Waals surface area (Å²) in [5.41, 5.74) is 6.58. The van der Waals surface area contributed by atoms with Crippen molar-refractivity contribution in [2.75, 3.05) is 13.2 Å². The van der Waals surface area contributed by atoms with E-state index in [9.17, 15) is 0 Å². The number of amidine groups is 1. The number of benzene rings is 1. The van der Waals surface area contributed by atoms with Gasteiger partial charge in [-0.05, 0) is 30.9 Å². The van der Waals surface area contributed by atoms with Crippen LogP contribution in [0.4, 0.5) is 0 Å². The van der Waals surface area contributed by atoms with Gasteiger partial charge in [0.1, 0.15) is 11.6 Å². The fourth-order valence-corrected chi connectivity index (χ4v) is 2.17. The summed E-state index contributed by atoms with van der Waals surface area (Å²) < 4.78 is 5.86. The second-order valence-corrected chi connectivity index (χ2v) is 5.14. The van der Waals surface area contributed by atoms with Gasteiger partial charge >= 0.3 is 0 Å². The summed E-state index contributed by atoms with van der Waals surface area (Å²) in [6, 6.07) is 7.71. The Morgan fingerprint density at radius 1 is 1.37 bits per heavy atom. The molecule has 0 aromatic heterocycles. The normalized spacial score (nSPS) is 17.2. The number of nitrogens with zero attached hydrogens (tertiary/aromatic N) is 1. The lowest BCUT2D eigenvalue weighted by molar-refractivity contribution is 0.232. The van der Waals surface area contributed by atoms with E-state index in [0.717, 1.165) is 24.2 Å². The zero-order valence-corrected chi connectivity index (χ0v) is 10.9. The Morgan fingerprint density at radius 2 is 2.11 bits per heavy atom. The third-order valence-electron chi connectivity index (χ3n) is 3.53. The number of aliphatic hydroxyl groups is 1. The first kappa shape index (κ1) is 13.7. The van der Waals surface area contributed by atoms with Crippen LogP contribution in [0.1, 0.15) is 24.8 Å². The number of rotatable bonds is 7. The smallest absolute Gasteiger partial charge is 0.139 e. The number of oxime groups is 1. The van der Waals surface area contributed by atoms with Crippen LogP contribution in [0.5, 0.6) is 5.75 Å². The molecule has 2 rings (SSSR count). The maximum atomic E-state index is 9.02. The fourth-order valence-electron chi connectivity index (χ4n) is 2.17. The molecule has 0 bridgehead atoms. The molecule has 0 atom stereocenters. The van der Waals surface area contributed by atoms with E-state index >= 15 is 0 Å². The standard InChI is InChI=1S/C14H20N2O3/c15-13(16-18)9-14(6-7-14)10-19-12-4-2-1-3-11(12)5-8-17/h1-4,17-18H,5-10H2,(H2,15,16). The minimum atomic E-state index is 0.0165. The molecule has 0 heterocycles. The van der Waals surface area contributed by atoms with Crippen molar-refractivity contribution in [3.05, 3.63) is 29.8 Å². The summed E-state index contributed by atoms with van der Waals surface area (Å²) in [5.74, 6) is 1.06. The maximum absolute atomic E-state index is 9.02. The summed E-state index contributed by atoms with van der Waals surface area (Å²) in [6.45, 7) is 0.668. The van der Waals surface area contributed by atoms with Crippen LogP contribution in [0.25, 0.3) is 0 Å². The number of hydrogen-bond acceptors (Lipinski definition) is 4. The van der Waals surface area contributed by atoms with Crippen LogP contribution < -0.4 is 10.5 Å². The predicted molar refractivity (Wildman–Crippen MR) is 72.4 cm³/mol. The molecule has 104 valence electrons. The van der Waals surface area contributed by atoms with Gasteiger partial charge in [-0.3, -0.25) is 0 Å². The topological polar surface area (TPSA) is 88.1 Å². The van der Waals surface area contributed by atoms with Gasteiger partial charge in [0.05, 0.1) is 6.61 Å². The van der Waals surface area contributed by atoms with Crippen molar-refractivity contribution < 1.29 is 15.1 Å². The highest BCUT2D eigenvalue weighted by atomic mass is 16.5. The van der Waals surface area contributed by atoms with Gasteiger partial charge in [-0.15, -0.1) is 0 Å². The van der Waals surface area contributed by atoms with E-state index in [2.05, 4.69) is 5.16 Å². The average Bonchev–Trinajstić information content (AvgIpc) is 3.18. The average molecular weight is 264 g/mol. The van der Waals surface area contributed by atoms with Gasteiger partial charge in [0.2, 0.25) is 0 Å². The zero-order chi connectivity index (χ0) is 13.7. The Kier molecular flexibility index (Phi) is 4.27. The Labute approximate surface area is 112 Å². The van der Waals surface area contributed by atoms with Gasteiger partial charge < -0.3 is 20.8 Å². The highest BCUT2D eigenvalue weighted by Crippen LogP contribution is 2.49. The van der Waals surface area contributed by atoms with E-state index in [1.807, 2.05) is 24.3 Å². The Morgan fingerprint density at radius 3 is 2.74 bits per heavy atom. The monoisotopic (exact) mass is 264 g/mol. The van der Waals surface area contributed by atoms with Crippen molar-refractivity contribution in [1.29, 1.82) is 0 Å². The summed E-state index contributed by atoms with van der Waals surface area (Å²) in [5, 5.41) is 20.7. The fraction of sp³-hybridized carbons (Fsp3) is 0.500. The van der Waals surface area contributed by atoms with Crippen molar-refractivity contribution in [3.8, 4) is 5.75 Å². The molecule has 0 saturated heterocycles. The molecule has 1 aromatic carbocycles. The lowest BCUT2D eigenvalue weighted by Gasteiger charge is -2.17. The molecule has 1 fully saturated rings. The molecule has 1 aliphatic carbocycles. The van der Waals surface area contributed by atoms with Crippen LogP contribution in [0, 0.1) is 5.41 Å². The highest BCUT2D eigenvalue weighted by Gasteiger charge is 2.44. The minimum Gasteiger partial charge on any atom is -0.493 e. The molecule has 1 saturated carbocycles. The molecular weight excluding hydrogens is 244 g/mol. The molecule has 4 N–H and O–H groups in total. The molecule has 0 spiro atoms. The van der Waals surface area contributed by atoms with Crippen molar-refractivity contribution in [2.24, 2.45) is 16.3 Å². The molecule has 0 aliphatic heterocycles. The number of nitrogens with two attached hydrogens (primary N) is 1. The van der Waals surface area contributed by atoms with E-state index in [-0.39, 0.29) is 17.9 Å². The van der Waals surface area contributed by atoms with E-state index in [4.69, 9.17) is 20.8 Å². The first-order valence-electron chi connectivity index (χ1n) is 6.47. The highest BCUT2D eigenvalue weighted by molar-refractivity contribution is 5.80. The molecule has 5 heteroatoms. The molecular formula is C14H20N2O3. The quantitative estimate of drug-likeness (QED) is 0.301. The summed E-state index contributed by atoms with van der Waals surface area (Å²) in [6.07, 6.45) is 3.21. The van der Waals surface area contributed by atoms with Crippen molar-refractivity contribution >= 4 is 5.84 Å². The Hall–Kier alpha value is -1.75. The Bertz CT molecular complexity index is 456. The van der Waals surface area contributed by atoms with Crippen molar-refractivity contribution in [1.82, 2.24) is 0 Å². The molecule has 19 heavy (non-hydrogen) atoms. The molecule has 1 aromatic rings. The third kappa shape index (κ3) is 3.61.